The Hall–Kier alpha value is -6.40. The number of nitrogens with zero attached hydrogens (tertiary/aromatic N) is 2. The van der Waals surface area contributed by atoms with Crippen LogP contribution in [0.15, 0.2) is 176 Å². The number of anilines is 6. The zero-order valence-electron chi connectivity index (χ0n) is 47.0. The van der Waals surface area contributed by atoms with Crippen LogP contribution < -0.4 is 46.2 Å². The van der Waals surface area contributed by atoms with Crippen LogP contribution in [0.4, 0.5) is 34.1 Å². The van der Waals surface area contributed by atoms with Gasteiger partial charge in [-0.25, -0.2) is 0 Å². The first-order valence-electron chi connectivity index (χ1n) is 28.1. The van der Waals surface area contributed by atoms with E-state index in [4.69, 9.17) is 0 Å². The van der Waals surface area contributed by atoms with E-state index in [1.54, 1.807) is 0 Å². The van der Waals surface area contributed by atoms with E-state index in [0.717, 1.165) is 0 Å². The van der Waals surface area contributed by atoms with Gasteiger partial charge in [-0.3, -0.25) is 0 Å². The van der Waals surface area contributed by atoms with Gasteiger partial charge in [-0.05, 0) is 179 Å². The molecule has 1 aromatic heterocycles. The Labute approximate surface area is 459 Å². The van der Waals surface area contributed by atoms with Gasteiger partial charge in [-0.15, -0.1) is 11.3 Å². The molecule has 0 fully saturated rings. The molecule has 0 spiro atoms. The summed E-state index contributed by atoms with van der Waals surface area (Å²) in [4.78, 5) is 5.37. The number of hydrogen-bond acceptors (Lipinski definition) is 3. The molecule has 3 heterocycles. The van der Waals surface area contributed by atoms with Gasteiger partial charge in [0.1, 0.15) is 0 Å². The van der Waals surface area contributed by atoms with Crippen molar-refractivity contribution in [3.8, 4) is 0 Å². The van der Waals surface area contributed by atoms with Crippen molar-refractivity contribution in [2.45, 2.75) is 136 Å². The minimum atomic E-state index is -2.75. The molecule has 0 bridgehead atoms. The second-order valence-electron chi connectivity index (χ2n) is 26.7. The summed E-state index contributed by atoms with van der Waals surface area (Å²) < 4.78 is 2.86. The smallest absolute Gasteiger partial charge is 0.264 e. The van der Waals surface area contributed by atoms with Crippen molar-refractivity contribution >= 4 is 107 Å². The van der Waals surface area contributed by atoms with E-state index in [2.05, 4.69) is 280 Å². The van der Waals surface area contributed by atoms with Crippen molar-refractivity contribution < 1.29 is 0 Å². The highest BCUT2D eigenvalue weighted by molar-refractivity contribution is 7.33. The molecule has 2 aliphatic heterocycles. The summed E-state index contributed by atoms with van der Waals surface area (Å²) in [6, 6.07) is 69.2. The predicted molar refractivity (Wildman–Crippen MR) is 333 cm³/mol. The fourth-order valence-corrected chi connectivity index (χ4v) is 20.4. The van der Waals surface area contributed by atoms with Crippen LogP contribution in [-0.2, 0) is 27.1 Å². The highest BCUT2D eigenvalue weighted by atomic mass is 32.1. The lowest BCUT2D eigenvalue weighted by atomic mass is 9.36. The van der Waals surface area contributed by atoms with Gasteiger partial charge >= 0.3 is 0 Å². The molecule has 5 heteroatoms. The van der Waals surface area contributed by atoms with E-state index in [0.29, 0.717) is 0 Å². The summed E-state index contributed by atoms with van der Waals surface area (Å²) in [5.41, 5.74) is 19.5. The van der Waals surface area contributed by atoms with Gasteiger partial charge in [0.25, 0.3) is 6.71 Å². The number of aryl methyl sites for hydroxylation is 1. The molecule has 0 amide bonds. The van der Waals surface area contributed by atoms with Gasteiger partial charge in [0, 0.05) is 43.3 Å². The van der Waals surface area contributed by atoms with E-state index in [1.165, 1.54) is 140 Å². The van der Waals surface area contributed by atoms with Crippen LogP contribution in [0.5, 0.6) is 0 Å². The minimum absolute atomic E-state index is 0.0399. The van der Waals surface area contributed by atoms with Crippen molar-refractivity contribution in [2.24, 2.45) is 0 Å². The average Bonchev–Trinajstić information content (AvgIpc) is 3.99. The van der Waals surface area contributed by atoms with Crippen LogP contribution in [0.2, 0.25) is 0 Å². The molecule has 0 radical (unpaired) electrons. The Morgan fingerprint density at radius 3 is 1.47 bits per heavy atom. The first kappa shape index (κ1) is 49.2. The van der Waals surface area contributed by atoms with Gasteiger partial charge in [-0.2, -0.15) is 0 Å². The van der Waals surface area contributed by atoms with E-state index in [-0.39, 0.29) is 33.8 Å². The summed E-state index contributed by atoms with van der Waals surface area (Å²) in [5.74, 6) is 0. The molecule has 13 rings (SSSR count). The summed E-state index contributed by atoms with van der Waals surface area (Å²) >= 11 is 2.06. The van der Waals surface area contributed by atoms with Crippen LogP contribution in [0.1, 0.15) is 135 Å². The summed E-state index contributed by atoms with van der Waals surface area (Å²) in [5, 5.41) is 6.92. The second-order valence-corrected chi connectivity index (χ2v) is 31.6. The topological polar surface area (TPSA) is 6.48 Å². The molecule has 2 nitrogen and oxygen atoms in total. The molecule has 0 N–H and O–H groups in total. The van der Waals surface area contributed by atoms with Crippen molar-refractivity contribution in [2.75, 3.05) is 9.80 Å². The monoisotopic (exact) mass is 1020 g/mol. The highest BCUT2D eigenvalue weighted by Gasteiger charge is 2.48. The number of hydrogen-bond donors (Lipinski definition) is 0. The lowest BCUT2D eigenvalue weighted by Gasteiger charge is -2.45. The largest absolute Gasteiger partial charge is 0.311 e. The normalized spacial score (nSPS) is 17.6. The molecular weight excluding hydrogens is 952 g/mol. The number of thiophene rings is 1. The van der Waals surface area contributed by atoms with Crippen molar-refractivity contribution in [1.29, 1.82) is 0 Å². The molecule has 0 saturated heterocycles. The molecule has 0 saturated carbocycles. The lowest BCUT2D eigenvalue weighted by molar-refractivity contribution is 0.332. The minimum Gasteiger partial charge on any atom is -0.311 e. The molecule has 0 atom stereocenters. The van der Waals surface area contributed by atoms with Crippen molar-refractivity contribution in [3.63, 3.8) is 0 Å². The molecule has 2 aliphatic carbocycles. The van der Waals surface area contributed by atoms with Gasteiger partial charge in [-0.1, -0.05) is 197 Å². The molecular formula is C71H73BN2SSi. The zero-order valence-corrected chi connectivity index (χ0v) is 48.8. The Morgan fingerprint density at radius 2 is 0.934 bits per heavy atom. The third kappa shape index (κ3) is 7.38. The maximum Gasteiger partial charge on any atom is 0.264 e. The predicted octanol–water partition coefficient (Wildman–Crippen LogP) is 14.7. The summed E-state index contributed by atoms with van der Waals surface area (Å²) in [6.07, 6.45) is 4.75. The van der Waals surface area contributed by atoms with Crippen LogP contribution in [0.3, 0.4) is 0 Å². The SMILES string of the molecule is Cc1cc2c3c(c1)N(c1ccc4c(c1)C(C)(C)CCC4(C)C)c1c(sc4cc5c(cc14)C(C)(C)CCC5(C)C)B3c1cc(C(C)(C)C)ccc1N2c1ccc([Si](c2ccccc2)(c2ccccc2)c2ccccc2)cc1. The molecule has 76 heavy (non-hydrogen) atoms. The average molecular weight is 1030 g/mol. The fourth-order valence-electron chi connectivity index (χ4n) is 14.3. The van der Waals surface area contributed by atoms with Crippen molar-refractivity contribution in [1.82, 2.24) is 0 Å². The zero-order chi connectivity index (χ0) is 52.9. The standard InChI is InChI=1S/C71H73BN2SSi/c1-46-40-61-64-62(41-46)74(49-31-34-55-56(43-49)69(7,8)37-36-68(55,5)6)65-54-44-57-58(71(11,12)39-38-70(57,9)10)45-63(54)75-66(65)72(64)59-42-47(67(2,3)4)28-35-60(59)73(61)48-29-32-53(33-30-48)76(50-22-16-13-17-23-50,51-24-18-14-19-25-51)52-26-20-15-21-27-52/h13-35,40-45H,36-39H2,1-12H3. The molecule has 380 valence electrons. The number of fused-ring (bicyclic) bond motifs is 8. The number of rotatable bonds is 6. The first-order valence-corrected chi connectivity index (χ1v) is 30.9. The van der Waals surface area contributed by atoms with Gasteiger partial charge in [0.05, 0.1) is 5.69 Å². The van der Waals surface area contributed by atoms with Gasteiger partial charge in [0.15, 0.2) is 8.07 Å². The highest BCUT2D eigenvalue weighted by Crippen LogP contribution is 2.54. The van der Waals surface area contributed by atoms with E-state index < -0.39 is 8.07 Å². The van der Waals surface area contributed by atoms with Gasteiger partial charge < -0.3 is 9.80 Å². The van der Waals surface area contributed by atoms with E-state index in [1.807, 2.05) is 0 Å². The molecule has 4 aliphatic rings. The van der Waals surface area contributed by atoms with Crippen molar-refractivity contribution in [3.05, 3.63) is 209 Å². The maximum absolute atomic E-state index is 2.75. The quantitative estimate of drug-likeness (QED) is 0.121. The Balaban J connectivity index is 1.09. The second kappa shape index (κ2) is 17.0. The Morgan fingerprint density at radius 1 is 0.461 bits per heavy atom. The third-order valence-electron chi connectivity index (χ3n) is 18.9. The number of benzene rings is 8. The van der Waals surface area contributed by atoms with Crippen LogP contribution in [0, 0.1) is 6.92 Å². The van der Waals surface area contributed by atoms with Crippen LogP contribution >= 0.6 is 11.3 Å². The van der Waals surface area contributed by atoms with Crippen LogP contribution in [-0.4, -0.2) is 14.8 Å². The fraction of sp³-hybridized carbons (Fsp3) is 0.296. The summed E-state index contributed by atoms with van der Waals surface area (Å²) in [6.45, 7) is 29.3. The Kier molecular flexibility index (Phi) is 11.0. The van der Waals surface area contributed by atoms with Gasteiger partial charge in [0.2, 0.25) is 0 Å². The first-order chi connectivity index (χ1) is 36.2. The Bertz CT molecular complexity index is 3670. The lowest BCUT2D eigenvalue weighted by Crippen LogP contribution is -2.74. The van der Waals surface area contributed by atoms with E-state index in [9.17, 15) is 0 Å². The molecule has 9 aromatic rings. The molecule has 8 aromatic carbocycles. The van der Waals surface area contributed by atoms with E-state index >= 15 is 0 Å². The van der Waals surface area contributed by atoms with Crippen LogP contribution in [0.25, 0.3) is 10.1 Å². The summed E-state index contributed by atoms with van der Waals surface area (Å²) in [7, 11) is -2.75. The maximum atomic E-state index is 2.74. The molecule has 0 unspecified atom stereocenters. The third-order valence-corrected chi connectivity index (χ3v) is 24.9.